The van der Waals surface area contributed by atoms with E-state index in [4.69, 9.17) is 9.47 Å². The molecule has 2 rings (SSSR count). The molecule has 1 N–H and O–H groups in total. The van der Waals surface area contributed by atoms with Crippen LogP contribution in [0.5, 0.6) is 0 Å². The minimum Gasteiger partial charge on any atom is -0.448 e. The molecule has 0 spiro atoms. The van der Waals surface area contributed by atoms with Crippen molar-refractivity contribution in [3.05, 3.63) is 58.7 Å². The van der Waals surface area contributed by atoms with Crippen LogP contribution in [0, 0.1) is 31.0 Å². The van der Waals surface area contributed by atoms with E-state index in [2.05, 4.69) is 5.32 Å². The van der Waals surface area contributed by atoms with Crippen LogP contribution >= 0.6 is 0 Å². The molecule has 0 aliphatic carbocycles. The van der Waals surface area contributed by atoms with E-state index in [1.165, 1.54) is 31.2 Å². The van der Waals surface area contributed by atoms with Gasteiger partial charge in [0.15, 0.2) is 6.10 Å². The summed E-state index contributed by atoms with van der Waals surface area (Å²) in [5, 5.41) is 11.7. The number of esters is 1. The van der Waals surface area contributed by atoms with Gasteiger partial charge in [-0.05, 0) is 50.6 Å². The van der Waals surface area contributed by atoms with Crippen LogP contribution in [0.15, 0.2) is 35.9 Å². The second-order valence-electron chi connectivity index (χ2n) is 6.66. The molecule has 0 saturated heterocycles. The first kappa shape index (κ1) is 22.8. The van der Waals surface area contributed by atoms with Gasteiger partial charge in [-0.2, -0.15) is 5.26 Å². The summed E-state index contributed by atoms with van der Waals surface area (Å²) in [6.45, 7) is 6.31. The molecule has 0 radical (unpaired) electrons. The Kier molecular flexibility index (Phi) is 7.90. The number of halogens is 1. The van der Waals surface area contributed by atoms with Gasteiger partial charge < -0.3 is 19.4 Å². The van der Waals surface area contributed by atoms with Crippen LogP contribution in [0.25, 0.3) is 6.08 Å². The first-order chi connectivity index (χ1) is 14.3. The lowest BCUT2D eigenvalue weighted by Gasteiger charge is -2.13. The van der Waals surface area contributed by atoms with E-state index in [0.717, 1.165) is 11.4 Å². The highest BCUT2D eigenvalue weighted by atomic mass is 19.1. The van der Waals surface area contributed by atoms with E-state index in [9.17, 15) is 19.2 Å². The van der Waals surface area contributed by atoms with Crippen molar-refractivity contribution in [2.45, 2.75) is 33.4 Å². The number of benzene rings is 1. The fourth-order valence-corrected chi connectivity index (χ4v) is 2.87. The molecule has 30 heavy (non-hydrogen) atoms. The van der Waals surface area contributed by atoms with Gasteiger partial charge in [-0.15, -0.1) is 0 Å². The Balaban J connectivity index is 2.12. The number of nitrogens with one attached hydrogen (secondary N) is 1. The van der Waals surface area contributed by atoms with Crippen LogP contribution in [-0.2, 0) is 25.6 Å². The minimum atomic E-state index is -1.22. The Labute approximate surface area is 174 Å². The van der Waals surface area contributed by atoms with E-state index in [-0.39, 0.29) is 11.3 Å². The summed E-state index contributed by atoms with van der Waals surface area (Å²) in [4.78, 5) is 24.6. The predicted octanol–water partition coefficient (Wildman–Crippen LogP) is 3.37. The number of anilines is 1. The number of amides is 1. The highest BCUT2D eigenvalue weighted by Crippen LogP contribution is 2.19. The zero-order valence-corrected chi connectivity index (χ0v) is 17.4. The summed E-state index contributed by atoms with van der Waals surface area (Å²) in [6, 6.07) is 9.31. The number of methoxy groups -OCH3 is 1. The van der Waals surface area contributed by atoms with Gasteiger partial charge in [0.1, 0.15) is 17.5 Å². The molecular weight excluding hydrogens is 389 g/mol. The number of aryl methyl sites for hydroxylation is 1. The fourth-order valence-electron chi connectivity index (χ4n) is 2.87. The molecule has 1 aromatic heterocycles. The molecule has 0 fully saturated rings. The average molecular weight is 413 g/mol. The van der Waals surface area contributed by atoms with Gasteiger partial charge in [0, 0.05) is 25.0 Å². The largest absolute Gasteiger partial charge is 0.448 e. The molecule has 158 valence electrons. The Morgan fingerprint density at radius 2 is 2.03 bits per heavy atom. The van der Waals surface area contributed by atoms with E-state index in [1.54, 1.807) is 13.2 Å². The maximum absolute atomic E-state index is 13.7. The molecule has 0 unspecified atom stereocenters. The molecule has 1 aromatic carbocycles. The summed E-state index contributed by atoms with van der Waals surface area (Å²) in [6.07, 6.45) is 0.207. The molecule has 1 atom stereocenters. The van der Waals surface area contributed by atoms with Crippen LogP contribution < -0.4 is 5.32 Å². The number of ether oxygens (including phenoxy) is 2. The van der Waals surface area contributed by atoms with Crippen molar-refractivity contribution in [2.75, 3.05) is 19.0 Å². The lowest BCUT2D eigenvalue weighted by molar-refractivity contribution is -0.148. The SMILES string of the molecule is COCCn1c(C)cc(/C=C(\C#N)C(=O)O[C@@H](C)C(=O)Nc2ccccc2F)c1C. The molecule has 8 heteroatoms. The van der Waals surface area contributed by atoms with Crippen molar-refractivity contribution in [3.8, 4) is 6.07 Å². The van der Waals surface area contributed by atoms with Gasteiger partial charge in [-0.25, -0.2) is 9.18 Å². The Bertz CT molecular complexity index is 1000. The number of rotatable bonds is 8. The second kappa shape index (κ2) is 10.4. The van der Waals surface area contributed by atoms with Crippen LogP contribution in [0.1, 0.15) is 23.9 Å². The van der Waals surface area contributed by atoms with Gasteiger partial charge >= 0.3 is 5.97 Å². The third kappa shape index (κ3) is 5.55. The molecule has 1 heterocycles. The second-order valence-corrected chi connectivity index (χ2v) is 6.66. The van der Waals surface area contributed by atoms with Crippen molar-refractivity contribution < 1.29 is 23.5 Å². The highest BCUT2D eigenvalue weighted by Gasteiger charge is 2.22. The molecule has 2 aromatic rings. The third-order valence-corrected chi connectivity index (χ3v) is 4.56. The molecule has 0 aliphatic heterocycles. The molecule has 0 saturated carbocycles. The Hall–Kier alpha value is -3.44. The minimum absolute atomic E-state index is 0.0232. The van der Waals surface area contributed by atoms with Crippen molar-refractivity contribution in [1.82, 2.24) is 4.57 Å². The predicted molar refractivity (Wildman–Crippen MR) is 110 cm³/mol. The normalized spacial score (nSPS) is 12.2. The van der Waals surface area contributed by atoms with Gasteiger partial charge in [0.2, 0.25) is 0 Å². The number of hydrogen-bond donors (Lipinski definition) is 1. The maximum Gasteiger partial charge on any atom is 0.349 e. The van der Waals surface area contributed by atoms with Gasteiger partial charge in [-0.1, -0.05) is 12.1 Å². The summed E-state index contributed by atoms with van der Waals surface area (Å²) in [7, 11) is 1.61. The summed E-state index contributed by atoms with van der Waals surface area (Å²) < 4.78 is 25.9. The topological polar surface area (TPSA) is 93.3 Å². The zero-order valence-electron chi connectivity index (χ0n) is 17.4. The summed E-state index contributed by atoms with van der Waals surface area (Å²) in [5.41, 5.74) is 2.26. The first-order valence-electron chi connectivity index (χ1n) is 9.32. The number of carbonyl (C=O) groups is 2. The monoisotopic (exact) mass is 413 g/mol. The highest BCUT2D eigenvalue weighted by molar-refractivity contribution is 6.01. The molecule has 0 aliphatic rings. The molecular formula is C22H24FN3O4. The number of hydrogen-bond acceptors (Lipinski definition) is 5. The number of carbonyl (C=O) groups excluding carboxylic acids is 2. The van der Waals surface area contributed by atoms with Gasteiger partial charge in [-0.3, -0.25) is 4.79 Å². The quantitative estimate of drug-likeness (QED) is 0.407. The van der Waals surface area contributed by atoms with E-state index in [0.29, 0.717) is 18.7 Å². The Morgan fingerprint density at radius 1 is 1.33 bits per heavy atom. The van der Waals surface area contributed by atoms with Gasteiger partial charge in [0.05, 0.1) is 12.3 Å². The van der Waals surface area contributed by atoms with Crippen LogP contribution in [0.3, 0.4) is 0 Å². The van der Waals surface area contributed by atoms with Crippen LogP contribution in [0.2, 0.25) is 0 Å². The standard InChI is InChI=1S/C22H24FN3O4/c1-14-11-17(15(2)26(14)9-10-29-4)12-18(13-24)22(28)30-16(3)21(27)25-20-8-6-5-7-19(20)23/h5-8,11-12,16H,9-10H2,1-4H3,(H,25,27)/b18-12+/t16-/m0/s1. The van der Waals surface area contributed by atoms with Gasteiger partial charge in [0.25, 0.3) is 5.91 Å². The fraction of sp³-hybridized carbons (Fsp3) is 0.318. The van der Waals surface area contributed by atoms with Crippen LogP contribution in [0.4, 0.5) is 10.1 Å². The first-order valence-corrected chi connectivity index (χ1v) is 9.32. The van der Waals surface area contributed by atoms with Crippen molar-refractivity contribution in [2.24, 2.45) is 0 Å². The summed E-state index contributed by atoms with van der Waals surface area (Å²) >= 11 is 0. The van der Waals surface area contributed by atoms with Crippen molar-refractivity contribution >= 4 is 23.6 Å². The van der Waals surface area contributed by atoms with Crippen molar-refractivity contribution in [1.29, 1.82) is 5.26 Å². The lowest BCUT2D eigenvalue weighted by Crippen LogP contribution is -2.30. The zero-order chi connectivity index (χ0) is 22.3. The maximum atomic E-state index is 13.7. The van der Waals surface area contributed by atoms with E-state index < -0.39 is 23.8 Å². The Morgan fingerprint density at radius 3 is 2.67 bits per heavy atom. The third-order valence-electron chi connectivity index (χ3n) is 4.56. The number of nitrogens with zero attached hydrogens (tertiary/aromatic N) is 2. The lowest BCUT2D eigenvalue weighted by atomic mass is 10.1. The smallest absolute Gasteiger partial charge is 0.349 e. The van der Waals surface area contributed by atoms with E-state index >= 15 is 0 Å². The molecule has 7 nitrogen and oxygen atoms in total. The molecule has 1 amide bonds. The number of para-hydroxylation sites is 1. The average Bonchev–Trinajstić information content (AvgIpc) is 2.98. The number of nitriles is 1. The van der Waals surface area contributed by atoms with Crippen molar-refractivity contribution in [3.63, 3.8) is 0 Å². The summed E-state index contributed by atoms with van der Waals surface area (Å²) in [5.74, 6) is -2.25. The molecule has 0 bridgehead atoms. The van der Waals surface area contributed by atoms with E-state index in [1.807, 2.05) is 30.6 Å². The van der Waals surface area contributed by atoms with Crippen LogP contribution in [-0.4, -0.2) is 36.3 Å². The number of aromatic nitrogens is 1.